The van der Waals surface area contributed by atoms with Crippen molar-refractivity contribution in [1.29, 1.82) is 0 Å². The van der Waals surface area contributed by atoms with Gasteiger partial charge in [0, 0.05) is 63.1 Å². The molecule has 0 fully saturated rings. The zero-order valence-electron chi connectivity index (χ0n) is 31.0. The summed E-state index contributed by atoms with van der Waals surface area (Å²) in [5, 5.41) is 4.01. The Morgan fingerprint density at radius 2 is 0.870 bits per heavy atom. The van der Waals surface area contributed by atoms with Gasteiger partial charge in [-0.3, -0.25) is 19.2 Å². The fourth-order valence-electron chi connectivity index (χ4n) is 8.24. The summed E-state index contributed by atoms with van der Waals surface area (Å²) >= 11 is 0. The number of pyridine rings is 3. The van der Waals surface area contributed by atoms with Gasteiger partial charge in [0.1, 0.15) is 0 Å². The van der Waals surface area contributed by atoms with E-state index < -0.39 is 0 Å². The van der Waals surface area contributed by atoms with Gasteiger partial charge in [-0.25, -0.2) is 0 Å². The number of hydrogen-bond acceptors (Lipinski definition) is 4. The SMILES string of the molecule is Cc1ccc2c(c1)C(=O)c1cc3[nH]c4ccc(C)cc4c(=O)c3cc1C2.Cc1ccc2c(c1)c(=O)c1cc3c(cc1n2C)c(=O)c1cc(C)ccc1n3C. The normalized spacial score (nSPS) is 12.4. The van der Waals surface area contributed by atoms with Gasteiger partial charge in [-0.2, -0.15) is 0 Å². The average Bonchev–Trinajstić information content (AvgIpc) is 3.16. The number of carbonyl (C=O) groups is 1. The highest BCUT2D eigenvalue weighted by Crippen LogP contribution is 2.31. The van der Waals surface area contributed by atoms with Gasteiger partial charge in [-0.05, 0) is 112 Å². The molecule has 0 spiro atoms. The number of carbonyl (C=O) groups excluding carboxylic acids is 1. The van der Waals surface area contributed by atoms with E-state index in [2.05, 4.69) is 4.98 Å². The number of ketones is 1. The second-order valence-corrected chi connectivity index (χ2v) is 14.9. The zero-order chi connectivity index (χ0) is 37.7. The Hall–Kier alpha value is -6.60. The van der Waals surface area contributed by atoms with E-state index in [9.17, 15) is 19.2 Å². The number of aromatic amines is 1. The highest BCUT2D eigenvalue weighted by atomic mass is 16.1. The molecule has 0 radical (unpaired) electrons. The van der Waals surface area contributed by atoms with E-state index in [0.717, 1.165) is 72.0 Å². The summed E-state index contributed by atoms with van der Waals surface area (Å²) in [5.41, 5.74) is 12.5. The van der Waals surface area contributed by atoms with Crippen LogP contribution in [0, 0.1) is 27.7 Å². The van der Waals surface area contributed by atoms with Crippen LogP contribution < -0.4 is 16.3 Å². The smallest absolute Gasteiger partial charge is 0.197 e. The minimum absolute atomic E-state index is 0.00477. The minimum Gasteiger partial charge on any atom is -0.354 e. The minimum atomic E-state index is 0.00477. The number of fused-ring (bicyclic) bond motifs is 8. The Balaban J connectivity index is 0.000000143. The zero-order valence-corrected chi connectivity index (χ0v) is 31.0. The van der Waals surface area contributed by atoms with Gasteiger partial charge in [-0.1, -0.05) is 52.6 Å². The van der Waals surface area contributed by atoms with Crippen molar-refractivity contribution in [1.82, 2.24) is 14.1 Å². The largest absolute Gasteiger partial charge is 0.354 e. The summed E-state index contributed by atoms with van der Waals surface area (Å²) in [7, 11) is 3.89. The third-order valence-electron chi connectivity index (χ3n) is 11.2. The Morgan fingerprint density at radius 1 is 0.426 bits per heavy atom. The standard InChI is InChI=1S/C24H20N2O2.C23H17NO2/c1-13-5-7-19-15(9-13)23(27)17-11-22-18(12-21(17)25(19)3)24(28)16-10-14(2)6-8-20(16)26(22)4;1-12-3-5-14-9-15-10-19-21(11-17(15)22(25)16(14)7-12)24-20-6-4-13(2)8-18(20)23(19)26/h5-12H,1-4H3;3-8,10-11H,9H2,1-2H3,(H,24,26). The van der Waals surface area contributed by atoms with E-state index in [-0.39, 0.29) is 22.1 Å². The van der Waals surface area contributed by atoms with Crippen LogP contribution in [0.2, 0.25) is 0 Å². The molecule has 7 heteroatoms. The van der Waals surface area contributed by atoms with Crippen LogP contribution in [0.3, 0.4) is 0 Å². The van der Waals surface area contributed by atoms with E-state index in [0.29, 0.717) is 44.3 Å². The first-order valence-electron chi connectivity index (χ1n) is 18.1. The van der Waals surface area contributed by atoms with Crippen LogP contribution in [0.15, 0.2) is 111 Å². The molecule has 0 saturated carbocycles. The Labute approximate surface area is 309 Å². The lowest BCUT2D eigenvalue weighted by Gasteiger charge is -2.19. The van der Waals surface area contributed by atoms with Gasteiger partial charge in [0.25, 0.3) is 0 Å². The maximum absolute atomic E-state index is 13.2. The lowest BCUT2D eigenvalue weighted by molar-refractivity contribution is 0.103. The number of benzene rings is 6. The van der Waals surface area contributed by atoms with Gasteiger partial charge in [0.2, 0.25) is 0 Å². The van der Waals surface area contributed by atoms with Crippen molar-refractivity contribution in [3.8, 4) is 0 Å². The van der Waals surface area contributed by atoms with Crippen LogP contribution in [-0.2, 0) is 20.5 Å². The molecule has 0 saturated heterocycles. The first kappa shape index (κ1) is 33.3. The summed E-state index contributed by atoms with van der Waals surface area (Å²) in [6.07, 6.45) is 0.678. The fourth-order valence-corrected chi connectivity index (χ4v) is 8.24. The van der Waals surface area contributed by atoms with Crippen LogP contribution in [0.25, 0.3) is 65.4 Å². The molecule has 10 rings (SSSR count). The first-order valence-corrected chi connectivity index (χ1v) is 18.1. The quantitative estimate of drug-likeness (QED) is 0.160. The fraction of sp³-hybridized carbons (Fsp3) is 0.149. The molecule has 7 nitrogen and oxygen atoms in total. The van der Waals surface area contributed by atoms with E-state index in [1.165, 1.54) is 0 Å². The number of rotatable bonds is 0. The average molecular weight is 708 g/mol. The van der Waals surface area contributed by atoms with Gasteiger partial charge < -0.3 is 14.1 Å². The molecular weight excluding hydrogens is 671 g/mol. The molecule has 0 amide bonds. The maximum Gasteiger partial charge on any atom is 0.197 e. The Bertz CT molecular complexity index is 3220. The lowest BCUT2D eigenvalue weighted by atomic mass is 9.83. The molecular formula is C47H37N3O4. The molecule has 3 heterocycles. The number of nitrogens with zero attached hydrogens (tertiary/aromatic N) is 2. The van der Waals surface area contributed by atoms with Crippen molar-refractivity contribution >= 4 is 71.2 Å². The molecule has 1 N–H and O–H groups in total. The molecule has 1 aliphatic carbocycles. The molecule has 264 valence electrons. The van der Waals surface area contributed by atoms with E-state index in [1.54, 1.807) is 0 Å². The molecule has 3 aromatic heterocycles. The number of aryl methyl sites for hydroxylation is 6. The summed E-state index contributed by atoms with van der Waals surface area (Å²) in [6, 6.07) is 31.1. The second-order valence-electron chi connectivity index (χ2n) is 14.9. The summed E-state index contributed by atoms with van der Waals surface area (Å²) in [6.45, 7) is 7.95. The van der Waals surface area contributed by atoms with Gasteiger partial charge >= 0.3 is 0 Å². The van der Waals surface area contributed by atoms with Gasteiger partial charge in [0.15, 0.2) is 22.1 Å². The van der Waals surface area contributed by atoms with Crippen LogP contribution in [-0.4, -0.2) is 19.9 Å². The van der Waals surface area contributed by atoms with Crippen molar-refractivity contribution in [3.05, 3.63) is 172 Å². The van der Waals surface area contributed by atoms with E-state index >= 15 is 0 Å². The molecule has 0 aliphatic heterocycles. The van der Waals surface area contributed by atoms with Crippen molar-refractivity contribution in [3.63, 3.8) is 0 Å². The summed E-state index contributed by atoms with van der Waals surface area (Å²) < 4.78 is 4.01. The highest BCUT2D eigenvalue weighted by molar-refractivity contribution is 6.14. The van der Waals surface area contributed by atoms with Crippen LogP contribution in [0.1, 0.15) is 49.3 Å². The summed E-state index contributed by atoms with van der Waals surface area (Å²) in [5.74, 6) is 0.0386. The third kappa shape index (κ3) is 5.03. The second kappa shape index (κ2) is 12.0. The topological polar surface area (TPSA) is 93.9 Å². The van der Waals surface area contributed by atoms with Crippen LogP contribution in [0.4, 0.5) is 0 Å². The molecule has 6 aromatic carbocycles. The number of hydrogen-bond donors (Lipinski definition) is 1. The monoisotopic (exact) mass is 707 g/mol. The van der Waals surface area contributed by atoms with Crippen molar-refractivity contribution < 1.29 is 4.79 Å². The molecule has 54 heavy (non-hydrogen) atoms. The van der Waals surface area contributed by atoms with Crippen molar-refractivity contribution in [2.75, 3.05) is 0 Å². The predicted octanol–water partition coefficient (Wildman–Crippen LogP) is 8.75. The Kier molecular flexibility index (Phi) is 7.37. The number of aromatic nitrogens is 3. The molecule has 0 unspecified atom stereocenters. The maximum atomic E-state index is 13.2. The van der Waals surface area contributed by atoms with Crippen molar-refractivity contribution in [2.24, 2.45) is 14.1 Å². The highest BCUT2D eigenvalue weighted by Gasteiger charge is 2.25. The number of H-pyrrole nitrogens is 1. The molecule has 0 atom stereocenters. The third-order valence-corrected chi connectivity index (χ3v) is 11.2. The summed E-state index contributed by atoms with van der Waals surface area (Å²) in [4.78, 5) is 55.8. The Morgan fingerprint density at radius 3 is 1.46 bits per heavy atom. The lowest BCUT2D eigenvalue weighted by Crippen LogP contribution is -2.16. The van der Waals surface area contributed by atoms with Gasteiger partial charge in [0.05, 0.1) is 27.6 Å². The molecule has 0 bridgehead atoms. The van der Waals surface area contributed by atoms with Crippen LogP contribution >= 0.6 is 0 Å². The first-order chi connectivity index (χ1) is 25.9. The molecule has 1 aliphatic rings. The van der Waals surface area contributed by atoms with Crippen LogP contribution in [0.5, 0.6) is 0 Å². The van der Waals surface area contributed by atoms with Crippen molar-refractivity contribution in [2.45, 2.75) is 34.1 Å². The van der Waals surface area contributed by atoms with E-state index in [1.807, 2.05) is 148 Å². The van der Waals surface area contributed by atoms with E-state index in [4.69, 9.17) is 0 Å². The van der Waals surface area contributed by atoms with Gasteiger partial charge in [-0.15, -0.1) is 0 Å². The predicted molar refractivity (Wildman–Crippen MR) is 221 cm³/mol. The number of nitrogens with one attached hydrogen (secondary N) is 1. The molecule has 9 aromatic rings.